The standard InChI is InChI=1S/C29H34ClN3O4S/c1-29(2,3)38-18-22-16-33-17-24(28(35)31-14-19-4-6-21(30)7-5-19)27(34)23-12-20(13-25(37-22)26(23)33)15-32-8-10-36-11-9-32/h4-7,12-13,17,22H,8-11,14-16,18H2,1-3H3,(H,31,35). The number of carbonyl (C=O) groups excluding carboxylic acids is 1. The van der Waals surface area contributed by atoms with Gasteiger partial charge in [-0.15, -0.1) is 0 Å². The van der Waals surface area contributed by atoms with Gasteiger partial charge in [0.05, 0.1) is 30.7 Å². The van der Waals surface area contributed by atoms with E-state index in [-0.39, 0.29) is 27.8 Å². The van der Waals surface area contributed by atoms with Gasteiger partial charge in [0, 0.05) is 47.9 Å². The van der Waals surface area contributed by atoms with Crippen molar-refractivity contribution in [3.63, 3.8) is 0 Å². The minimum absolute atomic E-state index is 0.0685. The molecule has 1 aromatic heterocycles. The number of morpholine rings is 1. The summed E-state index contributed by atoms with van der Waals surface area (Å²) in [5.74, 6) is 1.13. The van der Waals surface area contributed by atoms with E-state index in [0.29, 0.717) is 49.0 Å². The fourth-order valence-corrected chi connectivity index (χ4v) is 5.79. The summed E-state index contributed by atoms with van der Waals surface area (Å²) >= 11 is 7.83. The second kappa shape index (κ2) is 11.3. The lowest BCUT2D eigenvalue weighted by Crippen LogP contribution is -2.36. The van der Waals surface area contributed by atoms with Crippen molar-refractivity contribution < 1.29 is 14.3 Å². The molecule has 0 saturated carbocycles. The number of hydrogen-bond acceptors (Lipinski definition) is 6. The highest BCUT2D eigenvalue weighted by molar-refractivity contribution is 8.00. The van der Waals surface area contributed by atoms with Gasteiger partial charge in [0.25, 0.3) is 5.91 Å². The molecule has 1 N–H and O–H groups in total. The number of pyridine rings is 1. The Hall–Kier alpha value is -2.52. The van der Waals surface area contributed by atoms with Gasteiger partial charge < -0.3 is 19.4 Å². The maximum atomic E-state index is 13.7. The molecule has 0 aliphatic carbocycles. The molecule has 3 aromatic rings. The molecule has 2 aromatic carbocycles. The lowest BCUT2D eigenvalue weighted by molar-refractivity contribution is 0.0341. The molecule has 1 unspecified atom stereocenters. The molecule has 202 valence electrons. The van der Waals surface area contributed by atoms with Gasteiger partial charge in [0.2, 0.25) is 5.43 Å². The Morgan fingerprint density at radius 1 is 1.13 bits per heavy atom. The van der Waals surface area contributed by atoms with E-state index in [1.165, 1.54) is 0 Å². The summed E-state index contributed by atoms with van der Waals surface area (Å²) in [6.45, 7) is 11.2. The molecule has 0 spiro atoms. The lowest BCUT2D eigenvalue weighted by atomic mass is 10.0. The van der Waals surface area contributed by atoms with Gasteiger partial charge in [-0.3, -0.25) is 14.5 Å². The van der Waals surface area contributed by atoms with Crippen LogP contribution in [-0.2, 0) is 24.4 Å². The molecule has 7 nitrogen and oxygen atoms in total. The second-order valence-corrected chi connectivity index (χ2v) is 13.2. The average Bonchev–Trinajstić information content (AvgIpc) is 2.89. The van der Waals surface area contributed by atoms with Crippen LogP contribution >= 0.6 is 23.4 Å². The van der Waals surface area contributed by atoms with Crippen LogP contribution in [0.4, 0.5) is 0 Å². The van der Waals surface area contributed by atoms with Crippen LogP contribution in [0.1, 0.15) is 42.3 Å². The molecule has 1 fully saturated rings. The van der Waals surface area contributed by atoms with Gasteiger partial charge in [0.1, 0.15) is 17.4 Å². The molecule has 0 radical (unpaired) electrons. The molecule has 9 heteroatoms. The topological polar surface area (TPSA) is 72.8 Å². The average molecular weight is 556 g/mol. The summed E-state index contributed by atoms with van der Waals surface area (Å²) in [7, 11) is 0. The van der Waals surface area contributed by atoms with Crippen LogP contribution in [0.15, 0.2) is 47.4 Å². The first-order valence-corrected chi connectivity index (χ1v) is 14.4. The Morgan fingerprint density at radius 3 is 2.58 bits per heavy atom. The van der Waals surface area contributed by atoms with E-state index in [9.17, 15) is 9.59 Å². The monoisotopic (exact) mass is 555 g/mol. The summed E-state index contributed by atoms with van der Waals surface area (Å²) in [4.78, 5) is 29.2. The first-order valence-electron chi connectivity index (χ1n) is 13.0. The zero-order valence-corrected chi connectivity index (χ0v) is 23.7. The highest BCUT2D eigenvalue weighted by Crippen LogP contribution is 2.34. The third-order valence-corrected chi connectivity index (χ3v) is 8.37. The van der Waals surface area contributed by atoms with E-state index < -0.39 is 0 Å². The maximum Gasteiger partial charge on any atom is 0.257 e. The van der Waals surface area contributed by atoms with Crippen LogP contribution in [0, 0.1) is 0 Å². The first-order chi connectivity index (χ1) is 18.2. The first kappa shape index (κ1) is 27.1. The number of benzene rings is 2. The van der Waals surface area contributed by atoms with Crippen molar-refractivity contribution in [1.82, 2.24) is 14.8 Å². The molecule has 2 aliphatic rings. The van der Waals surface area contributed by atoms with Crippen molar-refractivity contribution >= 4 is 40.2 Å². The number of thioether (sulfide) groups is 1. The van der Waals surface area contributed by atoms with Crippen molar-refractivity contribution in [3.8, 4) is 5.75 Å². The molecule has 38 heavy (non-hydrogen) atoms. The summed E-state index contributed by atoms with van der Waals surface area (Å²) in [5.41, 5.74) is 2.53. The highest BCUT2D eigenvalue weighted by Gasteiger charge is 2.27. The van der Waals surface area contributed by atoms with E-state index >= 15 is 0 Å². The fraction of sp³-hybridized carbons (Fsp3) is 0.448. The summed E-state index contributed by atoms with van der Waals surface area (Å²) in [5, 5.41) is 4.06. The van der Waals surface area contributed by atoms with Gasteiger partial charge in [0.15, 0.2) is 0 Å². The van der Waals surface area contributed by atoms with Crippen molar-refractivity contribution in [2.24, 2.45) is 0 Å². The number of nitrogens with zero attached hydrogens (tertiary/aromatic N) is 2. The van der Waals surface area contributed by atoms with Gasteiger partial charge in [-0.25, -0.2) is 0 Å². The Labute approximate surface area is 232 Å². The molecule has 1 amide bonds. The van der Waals surface area contributed by atoms with E-state index in [0.717, 1.165) is 35.5 Å². The van der Waals surface area contributed by atoms with Gasteiger partial charge in [-0.2, -0.15) is 11.8 Å². The molecule has 2 aliphatic heterocycles. The van der Waals surface area contributed by atoms with Crippen LogP contribution in [0.3, 0.4) is 0 Å². The van der Waals surface area contributed by atoms with Crippen molar-refractivity contribution in [1.29, 1.82) is 0 Å². The van der Waals surface area contributed by atoms with Crippen LogP contribution in [0.5, 0.6) is 5.75 Å². The normalized spacial score (nSPS) is 17.8. The number of nitrogens with one attached hydrogen (secondary N) is 1. The third kappa shape index (κ3) is 6.37. The Morgan fingerprint density at radius 2 is 1.87 bits per heavy atom. The van der Waals surface area contributed by atoms with Gasteiger partial charge in [-0.05, 0) is 35.4 Å². The Balaban J connectivity index is 1.48. The quantitative estimate of drug-likeness (QED) is 0.455. The predicted molar refractivity (Wildman–Crippen MR) is 154 cm³/mol. The van der Waals surface area contributed by atoms with Crippen LogP contribution < -0.4 is 15.5 Å². The fourth-order valence-electron chi connectivity index (χ4n) is 4.81. The van der Waals surface area contributed by atoms with Crippen molar-refractivity contribution in [3.05, 3.63) is 74.5 Å². The number of carbonyl (C=O) groups is 1. The number of rotatable bonds is 7. The van der Waals surface area contributed by atoms with Crippen molar-refractivity contribution in [2.45, 2.75) is 51.3 Å². The molecule has 1 saturated heterocycles. The maximum absolute atomic E-state index is 13.7. The van der Waals surface area contributed by atoms with Crippen LogP contribution in [0.25, 0.3) is 10.9 Å². The number of halogens is 1. The zero-order chi connectivity index (χ0) is 26.9. The molecule has 5 rings (SSSR count). The minimum Gasteiger partial charge on any atom is -0.485 e. The van der Waals surface area contributed by atoms with Gasteiger partial charge in [-0.1, -0.05) is 44.5 Å². The Kier molecular flexibility index (Phi) is 8.05. The highest BCUT2D eigenvalue weighted by atomic mass is 35.5. The predicted octanol–water partition coefficient (Wildman–Crippen LogP) is 4.71. The van der Waals surface area contributed by atoms with Crippen LogP contribution in [0.2, 0.25) is 5.02 Å². The zero-order valence-electron chi connectivity index (χ0n) is 22.1. The molecule has 3 heterocycles. The molecule has 0 bridgehead atoms. The summed E-state index contributed by atoms with van der Waals surface area (Å²) in [6.07, 6.45) is 1.63. The number of hydrogen-bond donors (Lipinski definition) is 1. The van der Waals surface area contributed by atoms with E-state index in [1.807, 2.05) is 34.5 Å². The third-order valence-electron chi connectivity index (χ3n) is 6.71. The summed E-state index contributed by atoms with van der Waals surface area (Å²) in [6, 6.07) is 11.3. The number of aromatic nitrogens is 1. The van der Waals surface area contributed by atoms with E-state index in [1.54, 1.807) is 18.3 Å². The molecular weight excluding hydrogens is 522 g/mol. The lowest BCUT2D eigenvalue weighted by Gasteiger charge is -2.31. The minimum atomic E-state index is -0.386. The van der Waals surface area contributed by atoms with Crippen LogP contribution in [-0.4, -0.2) is 58.3 Å². The van der Waals surface area contributed by atoms with Gasteiger partial charge >= 0.3 is 0 Å². The number of ether oxygens (including phenoxy) is 2. The molecule has 1 atom stereocenters. The second-order valence-electron chi connectivity index (χ2n) is 10.9. The van der Waals surface area contributed by atoms with E-state index in [4.69, 9.17) is 21.1 Å². The smallest absolute Gasteiger partial charge is 0.257 e. The van der Waals surface area contributed by atoms with E-state index in [2.05, 4.69) is 37.1 Å². The van der Waals surface area contributed by atoms with Crippen molar-refractivity contribution in [2.75, 3.05) is 32.1 Å². The number of amides is 1. The summed E-state index contributed by atoms with van der Waals surface area (Å²) < 4.78 is 14.1. The Bertz CT molecular complexity index is 1380. The molecular formula is C29H34ClN3O4S. The SMILES string of the molecule is CC(C)(C)SCC1Cn2cc(C(=O)NCc3ccc(Cl)cc3)c(=O)c3cc(CN4CCOCC4)cc(c32)O1. The largest absolute Gasteiger partial charge is 0.485 e.